The van der Waals surface area contributed by atoms with E-state index in [1.165, 1.54) is 35.2 Å². The first-order chi connectivity index (χ1) is 13.9. The van der Waals surface area contributed by atoms with Crippen LogP contribution >= 0.6 is 23.1 Å². The Bertz CT molecular complexity index is 948. The maximum atomic E-state index is 13.0. The molecule has 0 aliphatic carbocycles. The van der Waals surface area contributed by atoms with E-state index in [1.807, 2.05) is 38.1 Å². The van der Waals surface area contributed by atoms with Gasteiger partial charge in [0.1, 0.15) is 11.6 Å². The summed E-state index contributed by atoms with van der Waals surface area (Å²) in [6, 6.07) is 13.4. The van der Waals surface area contributed by atoms with E-state index in [0.717, 1.165) is 17.0 Å². The number of nitrogens with one attached hydrogen (secondary N) is 2. The van der Waals surface area contributed by atoms with Crippen molar-refractivity contribution in [3.05, 3.63) is 59.9 Å². The van der Waals surface area contributed by atoms with E-state index in [-0.39, 0.29) is 23.0 Å². The number of methoxy groups -OCH3 is 1. The molecule has 2 aromatic carbocycles. The van der Waals surface area contributed by atoms with Crippen molar-refractivity contribution in [2.75, 3.05) is 12.4 Å². The predicted molar refractivity (Wildman–Crippen MR) is 114 cm³/mol. The van der Waals surface area contributed by atoms with Gasteiger partial charge in [-0.3, -0.25) is 4.79 Å². The lowest BCUT2D eigenvalue weighted by atomic mass is 10.1. The summed E-state index contributed by atoms with van der Waals surface area (Å²) in [4.78, 5) is 12.5. The number of hydrogen-bond acceptors (Lipinski definition) is 7. The van der Waals surface area contributed by atoms with Gasteiger partial charge in [-0.2, -0.15) is 0 Å². The maximum Gasteiger partial charge on any atom is 0.233 e. The lowest BCUT2D eigenvalue weighted by Crippen LogP contribution is -2.33. The molecule has 9 heteroatoms. The second-order valence-electron chi connectivity index (χ2n) is 6.27. The number of thioether (sulfide) groups is 1. The lowest BCUT2D eigenvalue weighted by Gasteiger charge is -2.17. The minimum absolute atomic E-state index is 0.119. The van der Waals surface area contributed by atoms with Crippen molar-refractivity contribution in [2.24, 2.45) is 0 Å². The van der Waals surface area contributed by atoms with Crippen molar-refractivity contribution in [3.63, 3.8) is 0 Å². The van der Waals surface area contributed by atoms with Gasteiger partial charge < -0.3 is 15.4 Å². The summed E-state index contributed by atoms with van der Waals surface area (Å²) in [6.45, 7) is 3.68. The second kappa shape index (κ2) is 9.71. The summed E-state index contributed by atoms with van der Waals surface area (Å²) in [5.41, 5.74) is 1.72. The van der Waals surface area contributed by atoms with Crippen LogP contribution in [0.5, 0.6) is 5.75 Å². The molecule has 1 heterocycles. The number of amides is 1. The summed E-state index contributed by atoms with van der Waals surface area (Å²) in [5.74, 6) is 0.358. The molecule has 0 aliphatic rings. The van der Waals surface area contributed by atoms with Crippen LogP contribution in [-0.4, -0.2) is 28.5 Å². The third-order valence-corrected chi connectivity index (χ3v) is 6.15. The van der Waals surface area contributed by atoms with Crippen molar-refractivity contribution in [3.8, 4) is 5.75 Å². The third kappa shape index (κ3) is 5.91. The van der Waals surface area contributed by atoms with Gasteiger partial charge in [0.25, 0.3) is 0 Å². The van der Waals surface area contributed by atoms with Gasteiger partial charge in [-0.25, -0.2) is 4.39 Å². The summed E-state index contributed by atoms with van der Waals surface area (Å²) in [6.07, 6.45) is 0. The Morgan fingerprint density at radius 2 is 1.79 bits per heavy atom. The Morgan fingerprint density at radius 3 is 2.45 bits per heavy atom. The average molecular weight is 433 g/mol. The van der Waals surface area contributed by atoms with Gasteiger partial charge in [-0.15, -0.1) is 10.2 Å². The molecule has 0 unspecified atom stereocenters. The molecule has 0 fully saturated rings. The number of anilines is 2. The third-order valence-electron chi connectivity index (χ3n) is 4.12. The largest absolute Gasteiger partial charge is 0.497 e. The Labute approximate surface area is 176 Å². The first-order valence-electron chi connectivity index (χ1n) is 8.91. The topological polar surface area (TPSA) is 76.1 Å². The summed E-state index contributed by atoms with van der Waals surface area (Å²) < 4.78 is 18.9. The maximum absolute atomic E-state index is 13.0. The summed E-state index contributed by atoms with van der Waals surface area (Å²) >= 11 is 2.72. The van der Waals surface area contributed by atoms with Gasteiger partial charge >= 0.3 is 0 Å². The summed E-state index contributed by atoms with van der Waals surface area (Å²) in [7, 11) is 1.62. The molecule has 29 heavy (non-hydrogen) atoms. The minimum Gasteiger partial charge on any atom is -0.497 e. The fourth-order valence-corrected chi connectivity index (χ4v) is 4.40. The van der Waals surface area contributed by atoms with Gasteiger partial charge in [0, 0.05) is 5.69 Å². The van der Waals surface area contributed by atoms with Crippen LogP contribution in [0.15, 0.2) is 52.9 Å². The molecule has 6 nitrogen and oxygen atoms in total. The van der Waals surface area contributed by atoms with Crippen LogP contribution < -0.4 is 15.4 Å². The second-order valence-corrected chi connectivity index (χ2v) is 8.83. The molecule has 0 aliphatic heterocycles. The van der Waals surface area contributed by atoms with Crippen LogP contribution in [0.3, 0.4) is 0 Å². The number of aromatic nitrogens is 2. The molecule has 0 saturated carbocycles. The highest BCUT2D eigenvalue weighted by Crippen LogP contribution is 2.31. The van der Waals surface area contributed by atoms with Crippen molar-refractivity contribution >= 4 is 39.8 Å². The Morgan fingerprint density at radius 1 is 1.10 bits per heavy atom. The average Bonchev–Trinajstić information content (AvgIpc) is 3.15. The highest BCUT2D eigenvalue weighted by Gasteiger charge is 2.19. The number of carbonyl (C=O) groups is 1. The molecule has 0 spiro atoms. The highest BCUT2D eigenvalue weighted by molar-refractivity contribution is 8.02. The Kier molecular flexibility index (Phi) is 7.05. The molecule has 2 N–H and O–H groups in total. The molecule has 0 bridgehead atoms. The van der Waals surface area contributed by atoms with Crippen LogP contribution in [-0.2, 0) is 4.79 Å². The molecule has 152 valence electrons. The van der Waals surface area contributed by atoms with E-state index in [2.05, 4.69) is 20.8 Å². The number of benzene rings is 2. The zero-order chi connectivity index (χ0) is 20.8. The smallest absolute Gasteiger partial charge is 0.233 e. The van der Waals surface area contributed by atoms with E-state index < -0.39 is 0 Å². The van der Waals surface area contributed by atoms with Crippen LogP contribution in [0.2, 0.25) is 0 Å². The van der Waals surface area contributed by atoms with E-state index >= 15 is 0 Å². The van der Waals surface area contributed by atoms with Crippen molar-refractivity contribution < 1.29 is 13.9 Å². The van der Waals surface area contributed by atoms with Crippen molar-refractivity contribution in [1.29, 1.82) is 0 Å². The van der Waals surface area contributed by atoms with Crippen molar-refractivity contribution in [1.82, 2.24) is 15.5 Å². The van der Waals surface area contributed by atoms with Gasteiger partial charge in [0.05, 0.1) is 18.4 Å². The van der Waals surface area contributed by atoms with Crippen LogP contribution in [0.4, 0.5) is 15.2 Å². The molecule has 0 saturated heterocycles. The fourth-order valence-electron chi connectivity index (χ4n) is 2.48. The fraction of sp³-hybridized carbons (Fsp3) is 0.250. The zero-order valence-corrected chi connectivity index (χ0v) is 17.8. The predicted octanol–water partition coefficient (Wildman–Crippen LogP) is 4.79. The van der Waals surface area contributed by atoms with E-state index in [9.17, 15) is 9.18 Å². The molecular formula is C20H21FN4O2S2. The monoisotopic (exact) mass is 432 g/mol. The number of halogens is 1. The zero-order valence-electron chi connectivity index (χ0n) is 16.2. The molecule has 3 rings (SSSR count). The van der Waals surface area contributed by atoms with Gasteiger partial charge in [0.15, 0.2) is 4.34 Å². The first kappa shape index (κ1) is 21.1. The number of carbonyl (C=O) groups excluding carboxylic acids is 1. The van der Waals surface area contributed by atoms with Crippen molar-refractivity contribution in [2.45, 2.75) is 29.5 Å². The number of ether oxygens (including phenoxy) is 1. The standard InChI is InChI=1S/C20H21FN4O2S2/c1-12(14-4-6-15(21)7-5-14)22-18(26)13(2)28-20-25-24-19(29-20)23-16-8-10-17(27-3)11-9-16/h4-13H,1-3H3,(H,22,26)(H,23,24)/t12-,13-/m0/s1. The molecular weight excluding hydrogens is 411 g/mol. The van der Waals surface area contributed by atoms with Crippen LogP contribution in [0, 0.1) is 5.82 Å². The highest BCUT2D eigenvalue weighted by atomic mass is 32.2. The molecule has 0 radical (unpaired) electrons. The van der Waals surface area contributed by atoms with Gasteiger partial charge in [0.2, 0.25) is 11.0 Å². The van der Waals surface area contributed by atoms with Crippen LogP contribution in [0.25, 0.3) is 0 Å². The van der Waals surface area contributed by atoms with Gasteiger partial charge in [-0.1, -0.05) is 35.2 Å². The SMILES string of the molecule is COc1ccc(Nc2nnc(S[C@@H](C)C(=O)N[C@@H](C)c3ccc(F)cc3)s2)cc1. The normalized spacial score (nSPS) is 12.8. The molecule has 1 aromatic heterocycles. The Balaban J connectivity index is 1.53. The molecule has 2 atom stereocenters. The van der Waals surface area contributed by atoms with E-state index in [1.54, 1.807) is 19.2 Å². The summed E-state index contributed by atoms with van der Waals surface area (Å²) in [5, 5.41) is 14.7. The van der Waals surface area contributed by atoms with E-state index in [4.69, 9.17) is 4.74 Å². The Hall–Kier alpha value is -2.65. The molecule has 1 amide bonds. The van der Waals surface area contributed by atoms with Crippen LogP contribution in [0.1, 0.15) is 25.5 Å². The first-order valence-corrected chi connectivity index (χ1v) is 10.6. The number of rotatable bonds is 8. The molecule has 3 aromatic rings. The lowest BCUT2D eigenvalue weighted by molar-refractivity contribution is -0.120. The quantitative estimate of drug-likeness (QED) is 0.499. The van der Waals surface area contributed by atoms with Gasteiger partial charge in [-0.05, 0) is 55.8 Å². The number of nitrogens with zero attached hydrogens (tertiary/aromatic N) is 2. The number of hydrogen-bond donors (Lipinski definition) is 2. The van der Waals surface area contributed by atoms with E-state index in [0.29, 0.717) is 9.47 Å². The minimum atomic E-state index is -0.348.